The van der Waals surface area contributed by atoms with E-state index >= 15 is 0 Å². The number of benzene rings is 3. The second-order valence-corrected chi connectivity index (χ2v) is 10.8. The van der Waals surface area contributed by atoms with Crippen LogP contribution in [-0.4, -0.2) is 69.5 Å². The van der Waals surface area contributed by atoms with Gasteiger partial charge in [-0.05, 0) is 48.9 Å². The van der Waals surface area contributed by atoms with E-state index in [-0.39, 0.29) is 11.9 Å². The number of rotatable bonds is 6. The number of hydrogen-bond donors (Lipinski definition) is 2. The maximum atomic E-state index is 14.2. The number of piperidine rings is 1. The molecular formula is C33H33F3N4O3. The zero-order valence-electron chi connectivity index (χ0n) is 23.7. The van der Waals surface area contributed by atoms with Gasteiger partial charge in [0.2, 0.25) is 0 Å². The maximum absolute atomic E-state index is 14.2. The second-order valence-electron chi connectivity index (χ2n) is 10.8. The lowest BCUT2D eigenvalue weighted by Gasteiger charge is -2.38. The molecular weight excluding hydrogens is 557 g/mol. The van der Waals surface area contributed by atoms with Gasteiger partial charge in [0, 0.05) is 42.8 Å². The number of aliphatic carboxylic acids is 1. The fourth-order valence-corrected chi connectivity index (χ4v) is 6.02. The molecule has 224 valence electrons. The van der Waals surface area contributed by atoms with Crippen molar-refractivity contribution in [2.75, 3.05) is 19.6 Å². The molecule has 0 saturated carbocycles. The molecule has 2 N–H and O–H groups in total. The molecule has 3 aromatic carbocycles. The lowest BCUT2D eigenvalue weighted by atomic mass is 9.82. The normalized spacial score (nSPS) is 17.4. The molecule has 10 heteroatoms. The van der Waals surface area contributed by atoms with Gasteiger partial charge in [-0.25, -0.2) is 9.79 Å². The van der Waals surface area contributed by atoms with Crippen molar-refractivity contribution < 1.29 is 27.9 Å². The zero-order valence-corrected chi connectivity index (χ0v) is 23.7. The Labute approximate surface area is 247 Å². The molecule has 4 aromatic rings. The highest BCUT2D eigenvalue weighted by Gasteiger charge is 2.51. The number of likely N-dealkylation sites (tertiary alicyclic amines) is 1. The minimum atomic E-state index is -5.08. The van der Waals surface area contributed by atoms with E-state index in [1.54, 1.807) is 0 Å². The predicted molar refractivity (Wildman–Crippen MR) is 159 cm³/mol. The van der Waals surface area contributed by atoms with Gasteiger partial charge in [-0.1, -0.05) is 78.9 Å². The zero-order chi connectivity index (χ0) is 30.6. The number of carboxylic acids is 1. The fourth-order valence-electron chi connectivity index (χ4n) is 6.02. The molecule has 0 aliphatic carbocycles. The van der Waals surface area contributed by atoms with Gasteiger partial charge in [0.15, 0.2) is 5.54 Å². The number of hydrogen-bond acceptors (Lipinski definition) is 4. The Hall–Kier alpha value is -4.44. The van der Waals surface area contributed by atoms with Crippen molar-refractivity contribution in [3.05, 3.63) is 108 Å². The van der Waals surface area contributed by atoms with Crippen molar-refractivity contribution >= 4 is 28.6 Å². The number of carbonyl (C=O) groups excluding carboxylic acids is 1. The number of nitrogens with zero attached hydrogens (tertiary/aromatic N) is 3. The Morgan fingerprint density at radius 3 is 2.05 bits per heavy atom. The Balaban J connectivity index is 0.000000472. The van der Waals surface area contributed by atoms with Crippen molar-refractivity contribution in [3.8, 4) is 0 Å². The van der Waals surface area contributed by atoms with E-state index in [0.29, 0.717) is 0 Å². The molecule has 3 heterocycles. The number of halogens is 3. The number of aliphatic imine (C=N–C) groups is 1. The standard InChI is InChI=1S/C31H32N4O.C2HF3O2/c1-23-33-31(25-10-4-2-5-11-25,26-12-6-3-7-13-26)30(36)35(23)27-17-20-34(21-18-27)19-16-24-22-32-29-15-9-8-14-28(24)29;3-2(4,5)1(6)7/h2-15,22,27,32H,16-21H2,1H3;(H,6,7). The number of para-hydroxylation sites is 1. The summed E-state index contributed by atoms with van der Waals surface area (Å²) >= 11 is 0. The minimum Gasteiger partial charge on any atom is -0.475 e. The van der Waals surface area contributed by atoms with E-state index in [1.165, 1.54) is 16.5 Å². The van der Waals surface area contributed by atoms with Gasteiger partial charge >= 0.3 is 12.1 Å². The van der Waals surface area contributed by atoms with Crippen molar-refractivity contribution in [2.45, 2.75) is 43.9 Å². The van der Waals surface area contributed by atoms with Crippen LogP contribution in [0.1, 0.15) is 36.5 Å². The molecule has 0 bridgehead atoms. The Bertz CT molecular complexity index is 1550. The number of carbonyl (C=O) groups is 2. The van der Waals surface area contributed by atoms with Gasteiger partial charge in [0.05, 0.1) is 0 Å². The summed E-state index contributed by atoms with van der Waals surface area (Å²) in [5.74, 6) is -1.85. The molecule has 1 fully saturated rings. The van der Waals surface area contributed by atoms with Crippen LogP contribution in [0.4, 0.5) is 13.2 Å². The topological polar surface area (TPSA) is 89.0 Å². The average Bonchev–Trinajstić information content (AvgIpc) is 3.55. The van der Waals surface area contributed by atoms with Crippen molar-refractivity contribution in [3.63, 3.8) is 0 Å². The smallest absolute Gasteiger partial charge is 0.475 e. The molecule has 7 nitrogen and oxygen atoms in total. The number of amides is 1. The Morgan fingerprint density at radius 1 is 0.953 bits per heavy atom. The number of nitrogens with one attached hydrogen (secondary N) is 1. The molecule has 0 radical (unpaired) electrons. The number of alkyl halides is 3. The summed E-state index contributed by atoms with van der Waals surface area (Å²) in [6, 6.07) is 28.7. The van der Waals surface area contributed by atoms with Crippen LogP contribution in [0.5, 0.6) is 0 Å². The maximum Gasteiger partial charge on any atom is 0.490 e. The van der Waals surface area contributed by atoms with Gasteiger partial charge in [-0.15, -0.1) is 0 Å². The van der Waals surface area contributed by atoms with E-state index in [1.807, 2.05) is 72.5 Å². The fraction of sp³-hybridized carbons (Fsp3) is 0.303. The Kier molecular flexibility index (Phi) is 8.68. The summed E-state index contributed by atoms with van der Waals surface area (Å²) in [7, 11) is 0. The number of amidine groups is 1. The molecule has 0 spiro atoms. The van der Waals surface area contributed by atoms with Crippen LogP contribution in [0.2, 0.25) is 0 Å². The van der Waals surface area contributed by atoms with E-state index in [9.17, 15) is 18.0 Å². The Morgan fingerprint density at radius 2 is 1.49 bits per heavy atom. The van der Waals surface area contributed by atoms with Crippen LogP contribution in [0.3, 0.4) is 0 Å². The molecule has 1 amide bonds. The third-order valence-electron chi connectivity index (χ3n) is 8.13. The van der Waals surface area contributed by atoms with Crippen LogP contribution in [-0.2, 0) is 21.5 Å². The number of aromatic amines is 1. The number of fused-ring (bicyclic) bond motifs is 1. The van der Waals surface area contributed by atoms with Gasteiger partial charge in [-0.2, -0.15) is 13.2 Å². The SMILES string of the molecule is CC1=NC(c2ccccc2)(c2ccccc2)C(=O)N1C1CCN(CCc2c[nH]c3ccccc23)CC1.O=C(O)C(F)(F)F. The molecule has 43 heavy (non-hydrogen) atoms. The monoisotopic (exact) mass is 590 g/mol. The van der Waals surface area contributed by atoms with Crippen molar-refractivity contribution in [1.29, 1.82) is 0 Å². The van der Waals surface area contributed by atoms with Crippen LogP contribution >= 0.6 is 0 Å². The van der Waals surface area contributed by atoms with E-state index in [2.05, 4.69) is 40.3 Å². The molecule has 2 aliphatic rings. The average molecular weight is 591 g/mol. The lowest BCUT2D eigenvalue weighted by Crippen LogP contribution is -2.50. The highest BCUT2D eigenvalue weighted by atomic mass is 19.4. The third kappa shape index (κ3) is 6.19. The predicted octanol–water partition coefficient (Wildman–Crippen LogP) is 6.01. The largest absolute Gasteiger partial charge is 0.490 e. The van der Waals surface area contributed by atoms with Crippen LogP contribution in [0.15, 0.2) is 96.1 Å². The lowest BCUT2D eigenvalue weighted by molar-refractivity contribution is -0.192. The van der Waals surface area contributed by atoms with E-state index in [4.69, 9.17) is 14.9 Å². The van der Waals surface area contributed by atoms with Crippen molar-refractivity contribution in [1.82, 2.24) is 14.8 Å². The first kappa shape index (κ1) is 30.0. The summed E-state index contributed by atoms with van der Waals surface area (Å²) in [6.07, 6.45) is 0.0219. The van der Waals surface area contributed by atoms with Gasteiger partial charge in [-0.3, -0.25) is 9.69 Å². The first-order valence-corrected chi connectivity index (χ1v) is 14.2. The molecule has 1 aromatic heterocycles. The first-order chi connectivity index (χ1) is 20.6. The molecule has 1 saturated heterocycles. The number of H-pyrrole nitrogens is 1. The van der Waals surface area contributed by atoms with Gasteiger partial charge < -0.3 is 15.0 Å². The minimum absolute atomic E-state index is 0.0784. The van der Waals surface area contributed by atoms with Crippen molar-refractivity contribution in [2.24, 2.45) is 4.99 Å². The summed E-state index contributed by atoms with van der Waals surface area (Å²) in [6.45, 7) is 5.02. The molecule has 2 aliphatic heterocycles. The second kappa shape index (κ2) is 12.4. The summed E-state index contributed by atoms with van der Waals surface area (Å²) < 4.78 is 31.7. The van der Waals surface area contributed by atoms with Gasteiger partial charge in [0.1, 0.15) is 5.84 Å². The quantitative estimate of drug-likeness (QED) is 0.288. The van der Waals surface area contributed by atoms with Crippen LogP contribution in [0.25, 0.3) is 10.9 Å². The highest BCUT2D eigenvalue weighted by Crippen LogP contribution is 2.41. The summed E-state index contributed by atoms with van der Waals surface area (Å²) in [5, 5.41) is 8.44. The van der Waals surface area contributed by atoms with E-state index in [0.717, 1.165) is 55.9 Å². The first-order valence-electron chi connectivity index (χ1n) is 14.2. The van der Waals surface area contributed by atoms with Crippen LogP contribution in [0, 0.1) is 0 Å². The van der Waals surface area contributed by atoms with Gasteiger partial charge in [0.25, 0.3) is 5.91 Å². The molecule has 0 atom stereocenters. The van der Waals surface area contributed by atoms with E-state index < -0.39 is 17.7 Å². The molecule has 0 unspecified atom stereocenters. The summed E-state index contributed by atoms with van der Waals surface area (Å²) in [5.41, 5.74) is 3.44. The highest BCUT2D eigenvalue weighted by molar-refractivity contribution is 6.10. The number of aromatic nitrogens is 1. The summed E-state index contributed by atoms with van der Waals surface area (Å²) in [4.78, 5) is 36.1. The number of carboxylic acid groups (broad SMARTS) is 1. The van der Waals surface area contributed by atoms with Crippen LogP contribution < -0.4 is 0 Å². The third-order valence-corrected chi connectivity index (χ3v) is 8.13. The molecule has 6 rings (SSSR count).